The highest BCUT2D eigenvalue weighted by Gasteiger charge is 2.76. The van der Waals surface area contributed by atoms with Gasteiger partial charge in [0.25, 0.3) is 0 Å². The van der Waals surface area contributed by atoms with Crippen molar-refractivity contribution in [3.8, 4) is 0 Å². The minimum atomic E-state index is -0.763. The fourth-order valence-electron chi connectivity index (χ4n) is 6.38. The average Bonchev–Trinajstić information content (AvgIpc) is 3.35. The summed E-state index contributed by atoms with van der Waals surface area (Å²) in [6, 6.07) is 0. The topological polar surface area (TPSA) is 0 Å². The third-order valence-electron chi connectivity index (χ3n) is 8.88. The van der Waals surface area contributed by atoms with Crippen molar-refractivity contribution in [2.75, 3.05) is 0 Å². The Morgan fingerprint density at radius 3 is 0.284 bits per heavy atom. The molecular formula is CH98P94. The van der Waals surface area contributed by atoms with Crippen LogP contribution < -0.4 is 0 Å². The van der Waals surface area contributed by atoms with E-state index >= 15 is 0 Å². The molecule has 572 valence electrons. The fourth-order valence-corrected chi connectivity index (χ4v) is 1200. The molecule has 0 spiro atoms. The van der Waals surface area contributed by atoms with E-state index in [0.717, 1.165) is 0 Å². The molecule has 95 heavy (non-hydrogen) atoms. The van der Waals surface area contributed by atoms with E-state index in [4.69, 9.17) is 0 Å². The minimum absolute atomic E-state index is 0.205. The zero-order valence-corrected chi connectivity index (χ0v) is 146. The Hall–Kier alpha value is 40.4. The lowest BCUT2D eigenvalue weighted by atomic mass is 11.8. The zero-order chi connectivity index (χ0) is 75.5. The summed E-state index contributed by atoms with van der Waals surface area (Å²) in [7, 11) is 184. The van der Waals surface area contributed by atoms with Gasteiger partial charge >= 0.3 is 0 Å². The van der Waals surface area contributed by atoms with Gasteiger partial charge in [-0.05, 0) is 316 Å². The molecule has 0 radical (unpaired) electrons. The predicted molar refractivity (Wildman–Crippen MR) is 790 cm³/mol. The number of hydrogen-bond acceptors (Lipinski definition) is 0. The molecule has 0 aromatic rings. The predicted octanol–water partition coefficient (Wildman–Crippen LogP) is 54.5. The summed E-state index contributed by atoms with van der Waals surface area (Å²) in [5, 5.41) is 0. The van der Waals surface area contributed by atoms with Gasteiger partial charge in [0, 0.05) is 0 Å². The van der Waals surface area contributed by atoms with Crippen LogP contribution in [0.25, 0.3) is 0 Å². The van der Waals surface area contributed by atoms with Gasteiger partial charge in [-0.25, -0.2) is 0 Å². The lowest BCUT2D eigenvalue weighted by Crippen LogP contribution is -2.14. The van der Waals surface area contributed by atoms with E-state index < -0.39 is 316 Å². The Morgan fingerprint density at radius 2 is 0.189 bits per heavy atom. The SMILES string of the molecule is PP(P)P(P)P(P(P)P)P(P(P(P)P)P(P)P)C(P(P(P(P)P)P(P)P)P(P(P)P)P(P)P)(P(P(P(P(P)P)P(P)P)P(P(P)P)P(P)P)P(P(P(P)P)P(P)P)P(P(P)P)P(P)P)P(P(P(P(P)P)P(P)P)P(P(P)P)P(P)P)P(P(P(P)P)P(P)P)P(P(P)P)P(P)P. The highest BCUT2D eigenvalue weighted by atomic mass is 33.5. The summed E-state index contributed by atoms with van der Waals surface area (Å²) in [6.07, 6.45) is 0. The molecule has 0 aromatic carbocycles. The molecule has 0 fully saturated rings. The van der Waals surface area contributed by atoms with Gasteiger partial charge in [-0.15, -0.1) is 437 Å². The molecule has 0 aliphatic heterocycles. The molecule has 0 nitrogen and oxygen atoms in total. The average molecular weight is 3020 g/mol. The van der Waals surface area contributed by atoms with Crippen LogP contribution in [0.4, 0.5) is 0 Å². The van der Waals surface area contributed by atoms with E-state index in [1.165, 1.54) is 0 Å². The van der Waals surface area contributed by atoms with Crippen LogP contribution in [0.2, 0.25) is 0 Å². The van der Waals surface area contributed by atoms with Crippen LogP contribution in [-0.4, -0.2) is 4.38 Å². The maximum Gasteiger partial charge on any atom is 0.0860 e. The zero-order valence-electron chi connectivity index (χ0n) is 48.9. The first-order valence-electron chi connectivity index (χ1n) is 21.7. The molecule has 0 N–H and O–H groups in total. The Labute approximate surface area is 745 Å². The monoisotopic (exact) mass is 3020 g/mol. The quantitative estimate of drug-likeness (QED) is 0.0533. The smallest absolute Gasteiger partial charge is 0.0860 e. The molecule has 0 amide bonds. The fraction of sp³-hybridized carbons (Fsp3) is 1.00. The van der Waals surface area contributed by atoms with Gasteiger partial charge < -0.3 is 0 Å². The maximum absolute atomic E-state index is 3.99. The van der Waals surface area contributed by atoms with E-state index in [9.17, 15) is 0 Å². The van der Waals surface area contributed by atoms with Crippen LogP contribution in [0.15, 0.2) is 0 Å². The third kappa shape index (κ3) is 45.2. The highest BCUT2D eigenvalue weighted by molar-refractivity contribution is 9.47. The van der Waals surface area contributed by atoms with Crippen molar-refractivity contribution in [3.63, 3.8) is 0 Å². The Bertz CT molecular complexity index is 1600. The standard InChI is InChI=1S/CH98P94/c2-55(3)79(50)83(62(16)17)52(82(60(12)13)61(14)15)1(51(80(56(4)5)57(6)7)81(58(8)9)59(10)11,53(84(88(63(18)19)64(20)21)89(65(22)23)66(24)25)85(90(67(26)27)68(28)29)91(69(30)31)70(32)33)54(86(92(71(34)35)72(36)37)93(73(38)39)74(40)41)87(94(75(42)43)76(44)45)95(77(46)47)78(48)49/h2-50H2. The van der Waals surface area contributed by atoms with Crippen molar-refractivity contribution in [3.05, 3.63) is 0 Å². The number of hydrogen-bond donors (Lipinski definition) is 0. The van der Waals surface area contributed by atoms with Crippen molar-refractivity contribution in [2.45, 2.75) is 4.38 Å². The lowest BCUT2D eigenvalue weighted by molar-refractivity contribution is 1.87. The third-order valence-corrected chi connectivity index (χ3v) is 623. The first-order chi connectivity index (χ1) is 43.1. The van der Waals surface area contributed by atoms with Gasteiger partial charge in [0.05, 0.1) is 4.38 Å². The van der Waals surface area contributed by atoms with Gasteiger partial charge in [0.2, 0.25) is 0 Å². The summed E-state index contributed by atoms with van der Waals surface area (Å²) >= 11 is 0. The van der Waals surface area contributed by atoms with Crippen molar-refractivity contribution in [1.29, 1.82) is 0 Å². The van der Waals surface area contributed by atoms with Gasteiger partial charge in [0.15, 0.2) is 0 Å². The molecule has 0 saturated heterocycles. The van der Waals surface area contributed by atoms with Gasteiger partial charge in [0.1, 0.15) is 0 Å². The molecule has 0 aromatic heterocycles. The summed E-state index contributed by atoms with van der Waals surface area (Å²) in [5.41, 5.74) is 0. The lowest BCUT2D eigenvalue weighted by Gasteiger charge is -2.71. The second-order valence-electron chi connectivity index (χ2n) is 15.5. The molecule has 0 heterocycles. The van der Waals surface area contributed by atoms with Crippen LogP contribution in [-0.2, 0) is 0 Å². The molecular weight excluding hydrogens is 2920 g/mol. The summed E-state index contributed by atoms with van der Waals surface area (Å²) in [6.45, 7) is -20.7. The molecule has 94 heteroatoms. The first kappa shape index (κ1) is 135. The van der Waals surface area contributed by atoms with Crippen LogP contribution >= 0.6 is 753 Å². The Kier molecular flexibility index (Phi) is 104. The van der Waals surface area contributed by atoms with Crippen LogP contribution in [0.3, 0.4) is 0 Å². The highest BCUT2D eigenvalue weighted by Crippen LogP contribution is 3.50. The van der Waals surface area contributed by atoms with Crippen LogP contribution in [0.1, 0.15) is 0 Å². The van der Waals surface area contributed by atoms with Gasteiger partial charge in [-0.1, -0.05) is 0 Å². The van der Waals surface area contributed by atoms with Gasteiger partial charge in [-0.3, -0.25) is 0 Å². The van der Waals surface area contributed by atoms with E-state index in [2.05, 4.69) is 437 Å². The van der Waals surface area contributed by atoms with Crippen molar-refractivity contribution < 1.29 is 0 Å². The van der Waals surface area contributed by atoms with Crippen molar-refractivity contribution >= 4 is 753 Å². The Balaban J connectivity index is 15.1. The van der Waals surface area contributed by atoms with Crippen molar-refractivity contribution in [2.24, 2.45) is 0 Å². The van der Waals surface area contributed by atoms with Crippen LogP contribution in [0, 0.1) is 0 Å². The van der Waals surface area contributed by atoms with Crippen LogP contribution in [0.5, 0.6) is 0 Å². The molecule has 52 unspecified atom stereocenters. The molecule has 0 aliphatic carbocycles. The van der Waals surface area contributed by atoms with E-state index in [-0.39, 0.29) is 4.38 Å². The second-order valence-corrected chi connectivity index (χ2v) is 393. The normalized spacial score (nSPS) is 15.7. The number of rotatable bonds is 45. The summed E-state index contributed by atoms with van der Waals surface area (Å²) in [5.74, 6) is 0. The minimum Gasteiger partial charge on any atom is -0.102 e. The van der Waals surface area contributed by atoms with Gasteiger partial charge in [-0.2, -0.15) is 0 Å². The summed E-state index contributed by atoms with van der Waals surface area (Å²) in [4.78, 5) is 0. The molecule has 52 atom stereocenters. The first-order valence-corrected chi connectivity index (χ1v) is 190. The Morgan fingerprint density at radius 1 is 0.0947 bits per heavy atom. The van der Waals surface area contributed by atoms with E-state index in [1.807, 2.05) is 0 Å². The summed E-state index contributed by atoms with van der Waals surface area (Å²) < 4.78 is 0.205. The van der Waals surface area contributed by atoms with E-state index in [1.54, 1.807) is 0 Å². The molecule has 0 aliphatic rings. The molecule has 0 saturated carbocycles. The second kappa shape index (κ2) is 72.7. The maximum atomic E-state index is 3.99. The largest absolute Gasteiger partial charge is 0.102 e. The molecule has 0 bridgehead atoms. The van der Waals surface area contributed by atoms with Crippen molar-refractivity contribution in [1.82, 2.24) is 0 Å². The van der Waals surface area contributed by atoms with E-state index in [0.29, 0.717) is 0 Å². The molecule has 0 rings (SSSR count).